The highest BCUT2D eigenvalue weighted by molar-refractivity contribution is 5.68. The molecule has 0 saturated carbocycles. The second kappa shape index (κ2) is 8.62. The van der Waals surface area contributed by atoms with Crippen LogP contribution in [0.2, 0.25) is 0 Å². The fourth-order valence-corrected chi connectivity index (χ4v) is 3.02. The molecule has 4 heteroatoms. The molecule has 21 heavy (non-hydrogen) atoms. The van der Waals surface area contributed by atoms with Crippen LogP contribution in [0.3, 0.4) is 0 Å². The van der Waals surface area contributed by atoms with Gasteiger partial charge in [-0.25, -0.2) is 4.79 Å². The number of hydrogen-bond donors (Lipinski definition) is 0. The lowest BCUT2D eigenvalue weighted by atomic mass is 10.0. The van der Waals surface area contributed by atoms with Gasteiger partial charge in [-0.1, -0.05) is 20.3 Å². The lowest BCUT2D eigenvalue weighted by molar-refractivity contribution is 0.0131. The molecule has 0 aromatic heterocycles. The van der Waals surface area contributed by atoms with Crippen LogP contribution in [0.25, 0.3) is 0 Å². The van der Waals surface area contributed by atoms with Crippen LogP contribution in [-0.2, 0) is 4.74 Å². The monoisotopic (exact) mass is 298 g/mol. The number of likely N-dealkylation sites (tertiary alicyclic amines) is 2. The van der Waals surface area contributed by atoms with E-state index < -0.39 is 0 Å². The fourth-order valence-electron chi connectivity index (χ4n) is 3.02. The van der Waals surface area contributed by atoms with Crippen molar-refractivity contribution in [3.05, 3.63) is 0 Å². The molecule has 0 unspecified atom stereocenters. The molecule has 0 N–H and O–H groups in total. The fraction of sp³-hybridized carbons (Fsp3) is 0.941. The van der Waals surface area contributed by atoms with Crippen LogP contribution in [0, 0.1) is 0 Å². The number of ether oxygens (including phenoxy) is 1. The van der Waals surface area contributed by atoms with E-state index in [9.17, 15) is 4.79 Å². The Morgan fingerprint density at radius 2 is 1.48 bits per heavy atom. The topological polar surface area (TPSA) is 32.8 Å². The van der Waals surface area contributed by atoms with Gasteiger partial charge in [0.1, 0.15) is 5.60 Å². The van der Waals surface area contributed by atoms with Crippen molar-refractivity contribution in [2.45, 2.75) is 78.4 Å². The summed E-state index contributed by atoms with van der Waals surface area (Å²) in [7, 11) is 0. The molecule has 2 heterocycles. The van der Waals surface area contributed by atoms with E-state index in [-0.39, 0.29) is 11.7 Å². The van der Waals surface area contributed by atoms with E-state index in [1.807, 2.05) is 39.5 Å². The summed E-state index contributed by atoms with van der Waals surface area (Å²) in [6.45, 7) is 13.9. The summed E-state index contributed by atoms with van der Waals surface area (Å²) < 4.78 is 5.43. The molecule has 0 aliphatic carbocycles. The van der Waals surface area contributed by atoms with Gasteiger partial charge in [0.25, 0.3) is 0 Å². The summed E-state index contributed by atoms with van der Waals surface area (Å²) in [5.74, 6) is 0. The van der Waals surface area contributed by atoms with Gasteiger partial charge in [-0.15, -0.1) is 0 Å². The highest BCUT2D eigenvalue weighted by atomic mass is 16.6. The average molecular weight is 298 g/mol. The van der Waals surface area contributed by atoms with Crippen LogP contribution in [0.15, 0.2) is 0 Å². The summed E-state index contributed by atoms with van der Waals surface area (Å²) in [5, 5.41) is 0. The first-order valence-corrected chi connectivity index (χ1v) is 8.68. The standard InChI is InChI=1S/C15H28N2O2.C2H6/c1-15(2,3)19-14(18)17-11-7-13(8-12-17)16-9-5-4-6-10-16;1-2/h13H,4-12H2,1-3H3;1-2H3. The van der Waals surface area contributed by atoms with E-state index in [4.69, 9.17) is 4.74 Å². The maximum atomic E-state index is 12.0. The minimum absolute atomic E-state index is 0.149. The van der Waals surface area contributed by atoms with Gasteiger partial charge in [-0.3, -0.25) is 0 Å². The zero-order valence-corrected chi connectivity index (χ0v) is 14.7. The summed E-state index contributed by atoms with van der Waals surface area (Å²) in [6, 6.07) is 0.680. The molecule has 0 radical (unpaired) electrons. The highest BCUT2D eigenvalue weighted by Crippen LogP contribution is 2.22. The Morgan fingerprint density at radius 3 is 1.95 bits per heavy atom. The number of piperidine rings is 2. The van der Waals surface area contributed by atoms with Crippen LogP contribution in [0.1, 0.15) is 66.7 Å². The predicted molar refractivity (Wildman–Crippen MR) is 87.6 cm³/mol. The molecule has 0 aromatic rings. The molecule has 2 fully saturated rings. The summed E-state index contributed by atoms with van der Waals surface area (Å²) in [5.41, 5.74) is -0.388. The van der Waals surface area contributed by atoms with Crippen molar-refractivity contribution in [2.24, 2.45) is 0 Å². The third-order valence-electron chi connectivity index (χ3n) is 4.02. The Morgan fingerprint density at radius 1 is 0.952 bits per heavy atom. The Kier molecular flexibility index (Phi) is 7.50. The lowest BCUT2D eigenvalue weighted by Crippen LogP contribution is -2.49. The molecule has 2 aliphatic rings. The molecule has 1 amide bonds. The Hall–Kier alpha value is -0.770. The normalized spacial score (nSPS) is 21.5. The van der Waals surface area contributed by atoms with Crippen LogP contribution < -0.4 is 0 Å². The minimum Gasteiger partial charge on any atom is -0.444 e. The van der Waals surface area contributed by atoms with E-state index in [2.05, 4.69) is 4.90 Å². The van der Waals surface area contributed by atoms with Crippen molar-refractivity contribution >= 4 is 6.09 Å². The van der Waals surface area contributed by atoms with Crippen LogP contribution in [-0.4, -0.2) is 53.7 Å². The second-order valence-electron chi connectivity index (χ2n) is 6.80. The van der Waals surface area contributed by atoms with Gasteiger partial charge in [0.15, 0.2) is 0 Å². The van der Waals surface area contributed by atoms with Gasteiger partial charge >= 0.3 is 6.09 Å². The predicted octanol–water partition coefficient (Wildman–Crippen LogP) is 3.90. The molecule has 0 bridgehead atoms. The second-order valence-corrected chi connectivity index (χ2v) is 6.80. The molecular formula is C17H34N2O2. The van der Waals surface area contributed by atoms with Crippen LogP contribution in [0.5, 0.6) is 0 Å². The van der Waals surface area contributed by atoms with Crippen LogP contribution >= 0.6 is 0 Å². The van der Waals surface area contributed by atoms with Crippen molar-refractivity contribution in [3.63, 3.8) is 0 Å². The number of carbonyl (C=O) groups is 1. The van der Waals surface area contributed by atoms with E-state index in [1.54, 1.807) is 0 Å². The SMILES string of the molecule is CC.CC(C)(C)OC(=O)N1CCC(N2CCCCC2)CC1. The molecule has 2 saturated heterocycles. The van der Waals surface area contributed by atoms with Crippen molar-refractivity contribution in [2.75, 3.05) is 26.2 Å². The van der Waals surface area contributed by atoms with E-state index in [0.717, 1.165) is 25.9 Å². The molecule has 2 aliphatic heterocycles. The van der Waals surface area contributed by atoms with Gasteiger partial charge in [-0.05, 0) is 59.5 Å². The number of rotatable bonds is 1. The summed E-state index contributed by atoms with van der Waals surface area (Å²) in [6.07, 6.45) is 6.11. The van der Waals surface area contributed by atoms with Crippen molar-refractivity contribution in [3.8, 4) is 0 Å². The minimum atomic E-state index is -0.388. The molecule has 4 nitrogen and oxygen atoms in total. The number of nitrogens with zero attached hydrogens (tertiary/aromatic N) is 2. The summed E-state index contributed by atoms with van der Waals surface area (Å²) >= 11 is 0. The smallest absolute Gasteiger partial charge is 0.410 e. The van der Waals surface area contributed by atoms with Crippen molar-refractivity contribution < 1.29 is 9.53 Å². The zero-order chi connectivity index (χ0) is 15.9. The maximum Gasteiger partial charge on any atom is 0.410 e. The molecule has 0 atom stereocenters. The van der Waals surface area contributed by atoms with E-state index in [1.165, 1.54) is 32.4 Å². The van der Waals surface area contributed by atoms with E-state index in [0.29, 0.717) is 6.04 Å². The third-order valence-corrected chi connectivity index (χ3v) is 4.02. The van der Waals surface area contributed by atoms with E-state index >= 15 is 0 Å². The zero-order valence-electron chi connectivity index (χ0n) is 14.7. The maximum absolute atomic E-state index is 12.0. The number of amides is 1. The first kappa shape index (κ1) is 18.3. The van der Waals surface area contributed by atoms with Gasteiger partial charge in [0.05, 0.1) is 0 Å². The average Bonchev–Trinajstić information content (AvgIpc) is 2.49. The lowest BCUT2D eigenvalue weighted by Gasteiger charge is -2.40. The third kappa shape index (κ3) is 6.25. The highest BCUT2D eigenvalue weighted by Gasteiger charge is 2.29. The van der Waals surface area contributed by atoms with Crippen LogP contribution in [0.4, 0.5) is 4.79 Å². The molecular weight excluding hydrogens is 264 g/mol. The van der Waals surface area contributed by atoms with Crippen molar-refractivity contribution in [1.29, 1.82) is 0 Å². The molecule has 0 aromatic carbocycles. The van der Waals surface area contributed by atoms with Gasteiger partial charge in [-0.2, -0.15) is 0 Å². The Labute approximate surface area is 130 Å². The van der Waals surface area contributed by atoms with Gasteiger partial charge in [0.2, 0.25) is 0 Å². The largest absolute Gasteiger partial charge is 0.444 e. The quantitative estimate of drug-likeness (QED) is 0.736. The number of hydrogen-bond acceptors (Lipinski definition) is 3. The molecule has 2 rings (SSSR count). The molecule has 124 valence electrons. The summed E-state index contributed by atoms with van der Waals surface area (Å²) in [4.78, 5) is 16.5. The molecule has 0 spiro atoms. The van der Waals surface area contributed by atoms with Crippen molar-refractivity contribution in [1.82, 2.24) is 9.80 Å². The Bertz CT molecular complexity index is 298. The number of carbonyl (C=O) groups excluding carboxylic acids is 1. The Balaban J connectivity index is 0.00000106. The van der Waals surface area contributed by atoms with Gasteiger partial charge in [0, 0.05) is 19.1 Å². The van der Waals surface area contributed by atoms with Gasteiger partial charge < -0.3 is 14.5 Å². The first-order valence-electron chi connectivity index (χ1n) is 8.68. The first-order chi connectivity index (χ1) is 9.96.